The summed E-state index contributed by atoms with van der Waals surface area (Å²) in [6.07, 6.45) is 0. The lowest BCUT2D eigenvalue weighted by atomic mass is 9.70. The van der Waals surface area contributed by atoms with Crippen LogP contribution in [0.1, 0.15) is 22.3 Å². The van der Waals surface area contributed by atoms with E-state index in [-0.39, 0.29) is 5.41 Å². The van der Waals surface area contributed by atoms with Gasteiger partial charge in [0.05, 0.1) is 16.6 Å². The van der Waals surface area contributed by atoms with Gasteiger partial charge in [0.25, 0.3) is 0 Å². The van der Waals surface area contributed by atoms with Crippen molar-refractivity contribution in [3.63, 3.8) is 0 Å². The largest absolute Gasteiger partial charge is 0.247 e. The molecule has 258 valence electrons. The minimum atomic E-state index is -0.370. The molecule has 2 heterocycles. The first-order valence-electron chi connectivity index (χ1n) is 19.4. The summed E-state index contributed by atoms with van der Waals surface area (Å²) in [5.41, 5.74) is 15.9. The third-order valence-corrected chi connectivity index (χ3v) is 13.8. The van der Waals surface area contributed by atoms with Crippen LogP contribution in [0.25, 0.3) is 97.3 Å². The Bertz CT molecular complexity index is 3440. The minimum absolute atomic E-state index is 0.370. The Morgan fingerprint density at radius 3 is 1.66 bits per heavy atom. The van der Waals surface area contributed by atoms with Gasteiger partial charge in [0, 0.05) is 31.1 Å². The third-order valence-electron chi connectivity index (χ3n) is 12.7. The van der Waals surface area contributed by atoms with Gasteiger partial charge >= 0.3 is 0 Å². The van der Waals surface area contributed by atoms with E-state index >= 15 is 0 Å². The lowest BCUT2D eigenvalue weighted by molar-refractivity contribution is 0.794. The van der Waals surface area contributed by atoms with E-state index in [1.165, 1.54) is 103 Å². The number of benzene rings is 9. The van der Waals surface area contributed by atoms with E-state index in [2.05, 4.69) is 188 Å². The molecule has 11 aromatic rings. The number of pyridine rings is 1. The van der Waals surface area contributed by atoms with E-state index in [9.17, 15) is 0 Å². The molecule has 1 nitrogen and oxygen atoms in total. The zero-order valence-electron chi connectivity index (χ0n) is 30.3. The molecule has 0 saturated heterocycles. The second kappa shape index (κ2) is 11.1. The van der Waals surface area contributed by atoms with Crippen LogP contribution in [0.5, 0.6) is 0 Å². The molecular formula is C54H31NS. The van der Waals surface area contributed by atoms with Crippen molar-refractivity contribution in [1.29, 1.82) is 0 Å². The van der Waals surface area contributed by atoms with Crippen molar-refractivity contribution in [1.82, 2.24) is 4.98 Å². The van der Waals surface area contributed by atoms with Gasteiger partial charge in [-0.15, -0.1) is 11.3 Å². The molecule has 2 aliphatic carbocycles. The number of hydrogen-bond acceptors (Lipinski definition) is 2. The molecule has 56 heavy (non-hydrogen) atoms. The molecule has 0 radical (unpaired) electrons. The topological polar surface area (TPSA) is 12.9 Å². The van der Waals surface area contributed by atoms with Crippen molar-refractivity contribution < 1.29 is 0 Å². The van der Waals surface area contributed by atoms with Gasteiger partial charge in [0.15, 0.2) is 0 Å². The molecule has 0 N–H and O–H groups in total. The molecule has 0 atom stereocenters. The maximum Gasteiger partial charge on any atom is 0.0809 e. The molecule has 1 spiro atoms. The fourth-order valence-electron chi connectivity index (χ4n) is 10.4. The van der Waals surface area contributed by atoms with Crippen molar-refractivity contribution in [2.24, 2.45) is 0 Å². The summed E-state index contributed by atoms with van der Waals surface area (Å²) >= 11 is 1.87. The maximum absolute atomic E-state index is 5.72. The first kappa shape index (κ1) is 30.5. The van der Waals surface area contributed by atoms with Crippen LogP contribution in [-0.2, 0) is 5.41 Å². The Kier molecular flexibility index (Phi) is 6.04. The average Bonchev–Trinajstić information content (AvgIpc) is 3.90. The van der Waals surface area contributed by atoms with Crippen LogP contribution in [0.3, 0.4) is 0 Å². The van der Waals surface area contributed by atoms with E-state index in [1.807, 2.05) is 11.3 Å². The lowest BCUT2D eigenvalue weighted by Gasteiger charge is -2.30. The van der Waals surface area contributed by atoms with Crippen LogP contribution < -0.4 is 0 Å². The number of rotatable bonds is 2. The molecular weight excluding hydrogens is 695 g/mol. The molecule has 0 unspecified atom stereocenters. The summed E-state index contributed by atoms with van der Waals surface area (Å²) in [5.74, 6) is 0. The molecule has 0 amide bonds. The predicted molar refractivity (Wildman–Crippen MR) is 237 cm³/mol. The van der Waals surface area contributed by atoms with Crippen LogP contribution in [0.2, 0.25) is 0 Å². The fourth-order valence-corrected chi connectivity index (χ4v) is 11.5. The lowest BCUT2D eigenvalue weighted by Crippen LogP contribution is -2.25. The van der Waals surface area contributed by atoms with E-state index in [4.69, 9.17) is 4.98 Å². The summed E-state index contributed by atoms with van der Waals surface area (Å²) in [4.78, 5) is 5.72. The van der Waals surface area contributed by atoms with Gasteiger partial charge < -0.3 is 0 Å². The van der Waals surface area contributed by atoms with Gasteiger partial charge in [-0.1, -0.05) is 164 Å². The summed E-state index contributed by atoms with van der Waals surface area (Å²) in [7, 11) is 0. The van der Waals surface area contributed by atoms with Gasteiger partial charge in [-0.3, -0.25) is 0 Å². The SMILES string of the molecule is c1ccc2c(c1)-c1ccccc1C21c2ccccc2-c2cc(-c3cc(-c4cccc5ccccc45)c4ccc5sc6ccc7ccccc7c6c5c4n3)ccc21. The quantitative estimate of drug-likeness (QED) is 0.173. The fraction of sp³-hybridized carbons (Fsp3) is 0.0185. The molecule has 0 bridgehead atoms. The number of fused-ring (bicyclic) bond motifs is 18. The monoisotopic (exact) mass is 725 g/mol. The molecule has 2 heteroatoms. The Labute approximate surface area is 327 Å². The number of nitrogens with zero attached hydrogens (tertiary/aromatic N) is 1. The van der Waals surface area contributed by atoms with E-state index in [1.54, 1.807) is 0 Å². The summed E-state index contributed by atoms with van der Waals surface area (Å²) in [6.45, 7) is 0. The predicted octanol–water partition coefficient (Wildman–Crippen LogP) is 14.6. The van der Waals surface area contributed by atoms with E-state index < -0.39 is 0 Å². The summed E-state index contributed by atoms with van der Waals surface area (Å²) in [6, 6.07) is 70.0. The van der Waals surface area contributed by atoms with E-state index in [0.29, 0.717) is 0 Å². The first-order chi connectivity index (χ1) is 27.8. The highest BCUT2D eigenvalue weighted by Crippen LogP contribution is 2.63. The van der Waals surface area contributed by atoms with Crippen molar-refractivity contribution in [2.75, 3.05) is 0 Å². The van der Waals surface area contributed by atoms with Crippen LogP contribution in [0, 0.1) is 0 Å². The van der Waals surface area contributed by atoms with Gasteiger partial charge in [-0.2, -0.15) is 0 Å². The number of hydrogen-bond donors (Lipinski definition) is 0. The third kappa shape index (κ3) is 3.86. The summed E-state index contributed by atoms with van der Waals surface area (Å²) in [5, 5.41) is 8.73. The highest BCUT2D eigenvalue weighted by molar-refractivity contribution is 7.26. The Balaban J connectivity index is 1.13. The van der Waals surface area contributed by atoms with Crippen LogP contribution in [0.4, 0.5) is 0 Å². The highest BCUT2D eigenvalue weighted by atomic mass is 32.1. The van der Waals surface area contributed by atoms with Crippen LogP contribution >= 0.6 is 11.3 Å². The zero-order valence-corrected chi connectivity index (χ0v) is 31.1. The van der Waals surface area contributed by atoms with Crippen molar-refractivity contribution in [3.8, 4) is 44.6 Å². The number of thiophene rings is 1. The van der Waals surface area contributed by atoms with Crippen molar-refractivity contribution in [3.05, 3.63) is 210 Å². The van der Waals surface area contributed by atoms with Gasteiger partial charge in [-0.25, -0.2) is 4.98 Å². The van der Waals surface area contributed by atoms with Crippen molar-refractivity contribution in [2.45, 2.75) is 5.41 Å². The zero-order chi connectivity index (χ0) is 36.5. The number of aromatic nitrogens is 1. The van der Waals surface area contributed by atoms with E-state index in [0.717, 1.165) is 16.8 Å². The standard InChI is InChI=1S/C54H31NS/c1-3-15-35-32(12-1)14-11-20-37(35)42-31-48(55-53-41(42)26-29-50-52(53)51-36-16-4-2-13-33(36)25-28-49(51)56-50)34-24-27-47-43(30-34)40-19-7-10-23-46(40)54(47)44-21-8-5-17-38(44)39-18-6-9-22-45(39)54/h1-31H. The van der Waals surface area contributed by atoms with Gasteiger partial charge in [-0.05, 0) is 101 Å². The Hall–Kier alpha value is -6.87. The normalized spacial score (nSPS) is 13.5. The van der Waals surface area contributed by atoms with Gasteiger partial charge in [0.1, 0.15) is 0 Å². The second-order valence-electron chi connectivity index (χ2n) is 15.3. The minimum Gasteiger partial charge on any atom is -0.247 e. The average molecular weight is 726 g/mol. The maximum atomic E-state index is 5.72. The molecule has 13 rings (SSSR count). The van der Waals surface area contributed by atoms with Crippen LogP contribution in [0.15, 0.2) is 188 Å². The Morgan fingerprint density at radius 1 is 0.357 bits per heavy atom. The second-order valence-corrected chi connectivity index (χ2v) is 16.4. The summed E-state index contributed by atoms with van der Waals surface area (Å²) < 4.78 is 2.56. The van der Waals surface area contributed by atoms with Gasteiger partial charge in [0.2, 0.25) is 0 Å². The molecule has 0 aliphatic heterocycles. The molecule has 2 aromatic heterocycles. The van der Waals surface area contributed by atoms with Crippen molar-refractivity contribution >= 4 is 64.0 Å². The molecule has 2 aliphatic rings. The molecule has 0 fully saturated rings. The first-order valence-corrected chi connectivity index (χ1v) is 20.2. The molecule has 9 aromatic carbocycles. The highest BCUT2D eigenvalue weighted by Gasteiger charge is 2.51. The molecule has 0 saturated carbocycles. The van der Waals surface area contributed by atoms with Crippen LogP contribution in [-0.4, -0.2) is 4.98 Å². The Morgan fingerprint density at radius 2 is 0.911 bits per heavy atom. The smallest absolute Gasteiger partial charge is 0.0809 e.